The zero-order valence-electron chi connectivity index (χ0n) is 14.6. The second-order valence-corrected chi connectivity index (χ2v) is 7.47. The van der Waals surface area contributed by atoms with Crippen LogP contribution in [0.3, 0.4) is 0 Å². The molecular weight excluding hydrogens is 316 g/mol. The van der Waals surface area contributed by atoms with Gasteiger partial charge in [-0.2, -0.15) is 0 Å². The van der Waals surface area contributed by atoms with Crippen molar-refractivity contribution >= 4 is 0 Å². The number of benzene rings is 3. The predicted octanol–water partition coefficient (Wildman–Crippen LogP) is 5.07. The van der Waals surface area contributed by atoms with Gasteiger partial charge in [-0.25, -0.2) is 0 Å². The maximum absolute atomic E-state index is 12.3. The van der Waals surface area contributed by atoms with Crippen LogP contribution in [-0.2, 0) is 11.0 Å². The Labute approximate surface area is 154 Å². The Morgan fingerprint density at radius 1 is 0.654 bits per heavy atom. The van der Waals surface area contributed by atoms with Crippen molar-refractivity contribution in [2.75, 3.05) is 0 Å². The highest BCUT2D eigenvalue weighted by molar-refractivity contribution is 5.56. The molecule has 1 fully saturated rings. The highest BCUT2D eigenvalue weighted by Crippen LogP contribution is 2.70. The minimum atomic E-state index is -0.925. The molecule has 0 spiro atoms. The lowest BCUT2D eigenvalue weighted by Gasteiger charge is -2.66. The highest BCUT2D eigenvalue weighted by Gasteiger charge is 2.72. The Morgan fingerprint density at radius 2 is 1.12 bits per heavy atom. The van der Waals surface area contributed by atoms with Gasteiger partial charge in [0, 0.05) is 5.92 Å². The Hall–Kier alpha value is -2.64. The van der Waals surface area contributed by atoms with Gasteiger partial charge in [0.1, 0.15) is 5.60 Å². The molecule has 2 aliphatic rings. The average molecular weight is 338 g/mol. The minimum Gasteiger partial charge on any atom is -0.384 e. The van der Waals surface area contributed by atoms with E-state index in [1.165, 1.54) is 11.1 Å². The average Bonchev–Trinajstić information content (AvgIpc) is 3.17. The van der Waals surface area contributed by atoms with Crippen LogP contribution in [0.4, 0.5) is 0 Å². The van der Waals surface area contributed by atoms with Crippen molar-refractivity contribution in [1.82, 2.24) is 0 Å². The van der Waals surface area contributed by atoms with Crippen LogP contribution in [0.2, 0.25) is 0 Å². The summed E-state index contributed by atoms with van der Waals surface area (Å²) in [6, 6.07) is 31.3. The zero-order chi connectivity index (χ0) is 17.6. The molecule has 1 saturated carbocycles. The molecule has 5 rings (SSSR count). The summed E-state index contributed by atoms with van der Waals surface area (Å²) >= 11 is 0. The van der Waals surface area contributed by atoms with Crippen molar-refractivity contribution in [3.05, 3.63) is 120 Å². The number of hydrogen-bond acceptors (Lipinski definition) is 1. The molecular formula is C25H22O. The monoisotopic (exact) mass is 338 g/mol. The van der Waals surface area contributed by atoms with E-state index in [0.29, 0.717) is 5.92 Å². The SMILES string of the molecule is OC1(c2ccccc2)C2CC=CC2C1(c1ccccc1)c1ccccc1. The predicted molar refractivity (Wildman–Crippen MR) is 105 cm³/mol. The van der Waals surface area contributed by atoms with Gasteiger partial charge in [-0.3, -0.25) is 0 Å². The molecule has 0 aromatic heterocycles. The molecule has 0 aliphatic heterocycles. The van der Waals surface area contributed by atoms with Crippen molar-refractivity contribution < 1.29 is 5.11 Å². The van der Waals surface area contributed by atoms with Gasteiger partial charge >= 0.3 is 0 Å². The second-order valence-electron chi connectivity index (χ2n) is 7.47. The molecule has 0 amide bonds. The molecule has 0 heterocycles. The Kier molecular flexibility index (Phi) is 3.41. The first-order chi connectivity index (χ1) is 12.8. The Morgan fingerprint density at radius 3 is 1.62 bits per heavy atom. The molecule has 0 saturated heterocycles. The molecule has 26 heavy (non-hydrogen) atoms. The lowest BCUT2D eigenvalue weighted by atomic mass is 9.39. The first kappa shape index (κ1) is 15.6. The number of rotatable bonds is 3. The summed E-state index contributed by atoms with van der Waals surface area (Å²) in [5, 5.41) is 12.3. The summed E-state index contributed by atoms with van der Waals surface area (Å²) in [6.45, 7) is 0. The van der Waals surface area contributed by atoms with Gasteiger partial charge in [-0.15, -0.1) is 0 Å². The van der Waals surface area contributed by atoms with Crippen LogP contribution < -0.4 is 0 Å². The van der Waals surface area contributed by atoms with Crippen molar-refractivity contribution in [3.8, 4) is 0 Å². The van der Waals surface area contributed by atoms with E-state index in [9.17, 15) is 5.11 Å². The van der Waals surface area contributed by atoms with Crippen LogP contribution >= 0.6 is 0 Å². The molecule has 3 atom stereocenters. The van der Waals surface area contributed by atoms with Gasteiger partial charge < -0.3 is 5.11 Å². The van der Waals surface area contributed by atoms with Gasteiger partial charge in [-0.1, -0.05) is 103 Å². The minimum absolute atomic E-state index is 0.213. The van der Waals surface area contributed by atoms with Gasteiger partial charge in [0.15, 0.2) is 0 Å². The van der Waals surface area contributed by atoms with E-state index in [1.54, 1.807) is 0 Å². The summed E-state index contributed by atoms with van der Waals surface area (Å²) in [4.78, 5) is 0. The van der Waals surface area contributed by atoms with Crippen LogP contribution in [0.25, 0.3) is 0 Å². The maximum Gasteiger partial charge on any atom is 0.108 e. The molecule has 0 bridgehead atoms. The fourth-order valence-electron chi connectivity index (χ4n) is 5.51. The van der Waals surface area contributed by atoms with Crippen LogP contribution in [0, 0.1) is 11.8 Å². The number of aliphatic hydroxyl groups is 1. The van der Waals surface area contributed by atoms with Gasteiger partial charge in [0.25, 0.3) is 0 Å². The highest BCUT2D eigenvalue weighted by atomic mass is 16.3. The summed E-state index contributed by atoms with van der Waals surface area (Å²) in [5.74, 6) is 0.516. The molecule has 3 aromatic carbocycles. The molecule has 1 heteroatoms. The summed E-state index contributed by atoms with van der Waals surface area (Å²) < 4.78 is 0. The van der Waals surface area contributed by atoms with E-state index in [-0.39, 0.29) is 5.92 Å². The summed E-state index contributed by atoms with van der Waals surface area (Å²) in [7, 11) is 0. The topological polar surface area (TPSA) is 20.2 Å². The summed E-state index contributed by atoms with van der Waals surface area (Å²) in [5.41, 5.74) is 1.99. The lowest BCUT2D eigenvalue weighted by molar-refractivity contribution is -0.190. The summed E-state index contributed by atoms with van der Waals surface area (Å²) in [6.07, 6.45) is 5.50. The van der Waals surface area contributed by atoms with E-state index in [0.717, 1.165) is 12.0 Å². The largest absolute Gasteiger partial charge is 0.384 e. The van der Waals surface area contributed by atoms with Crippen molar-refractivity contribution in [2.24, 2.45) is 11.8 Å². The van der Waals surface area contributed by atoms with E-state index in [1.807, 2.05) is 30.3 Å². The molecule has 128 valence electrons. The standard InChI is InChI=1S/C25H22O/c26-25(21-15-8-3-9-16-21)23-18-10-17-22(23)24(25,19-11-4-1-5-12-19)20-13-6-2-7-14-20/h1-17,22-23,26H,18H2. The third-order valence-corrected chi connectivity index (χ3v) is 6.48. The van der Waals surface area contributed by atoms with E-state index in [4.69, 9.17) is 0 Å². The van der Waals surface area contributed by atoms with Gasteiger partial charge in [0.2, 0.25) is 0 Å². The quantitative estimate of drug-likeness (QED) is 0.661. The molecule has 3 unspecified atom stereocenters. The van der Waals surface area contributed by atoms with E-state index < -0.39 is 11.0 Å². The van der Waals surface area contributed by atoms with Crippen molar-refractivity contribution in [1.29, 1.82) is 0 Å². The fraction of sp³-hybridized carbons (Fsp3) is 0.200. The third kappa shape index (κ3) is 1.79. The van der Waals surface area contributed by atoms with Crippen LogP contribution in [0.1, 0.15) is 23.1 Å². The van der Waals surface area contributed by atoms with E-state index >= 15 is 0 Å². The smallest absolute Gasteiger partial charge is 0.108 e. The van der Waals surface area contributed by atoms with Crippen LogP contribution in [-0.4, -0.2) is 5.11 Å². The Bertz CT molecular complexity index is 890. The van der Waals surface area contributed by atoms with Gasteiger partial charge in [-0.05, 0) is 29.0 Å². The first-order valence-corrected chi connectivity index (χ1v) is 9.35. The maximum atomic E-state index is 12.3. The van der Waals surface area contributed by atoms with Crippen molar-refractivity contribution in [3.63, 3.8) is 0 Å². The Balaban J connectivity index is 1.84. The number of hydrogen-bond donors (Lipinski definition) is 1. The fourth-order valence-corrected chi connectivity index (χ4v) is 5.51. The lowest BCUT2D eigenvalue weighted by Crippen LogP contribution is -2.70. The number of allylic oxidation sites excluding steroid dienone is 2. The zero-order valence-corrected chi connectivity index (χ0v) is 14.6. The molecule has 2 aliphatic carbocycles. The van der Waals surface area contributed by atoms with E-state index in [2.05, 4.69) is 72.8 Å². The third-order valence-electron chi connectivity index (χ3n) is 6.48. The number of fused-ring (bicyclic) bond motifs is 1. The van der Waals surface area contributed by atoms with Crippen LogP contribution in [0.15, 0.2) is 103 Å². The second kappa shape index (κ2) is 5.69. The first-order valence-electron chi connectivity index (χ1n) is 9.35. The molecule has 3 aromatic rings. The van der Waals surface area contributed by atoms with Gasteiger partial charge in [0.05, 0.1) is 5.41 Å². The van der Waals surface area contributed by atoms with Crippen molar-refractivity contribution in [2.45, 2.75) is 17.4 Å². The molecule has 1 nitrogen and oxygen atoms in total. The molecule has 1 N–H and O–H groups in total. The van der Waals surface area contributed by atoms with Crippen LogP contribution in [0.5, 0.6) is 0 Å². The molecule has 0 radical (unpaired) electrons. The normalized spacial score (nSPS) is 28.3.